The van der Waals surface area contributed by atoms with Gasteiger partial charge < -0.3 is 0 Å². The van der Waals surface area contributed by atoms with Gasteiger partial charge in [0.15, 0.2) is 0 Å². The molecule has 0 saturated heterocycles. The van der Waals surface area contributed by atoms with E-state index >= 15 is 0 Å². The van der Waals surface area contributed by atoms with Crippen LogP contribution in [-0.2, 0) is 0 Å². The monoisotopic (exact) mass is 54.0 g/mol. The third-order valence-corrected chi connectivity index (χ3v) is 0.0645. The van der Waals surface area contributed by atoms with Crippen LogP contribution < -0.4 is 0 Å². The molecule has 0 rings (SSSR count). The van der Waals surface area contributed by atoms with Gasteiger partial charge in [-0.25, -0.2) is 0 Å². The molecule has 0 saturated carbocycles. The van der Waals surface area contributed by atoms with Crippen molar-refractivity contribution in [2.45, 2.75) is 0 Å². The van der Waals surface area contributed by atoms with Crippen molar-refractivity contribution in [3.63, 3.8) is 0 Å². The minimum absolute atomic E-state index is 0.681. The van der Waals surface area contributed by atoms with Crippen LogP contribution in [0.5, 0.6) is 0 Å². The van der Waals surface area contributed by atoms with Crippen molar-refractivity contribution in [2.24, 2.45) is 0 Å². The molecule has 0 spiro atoms. The molecule has 0 aliphatic carbocycles. The van der Waals surface area contributed by atoms with Gasteiger partial charge in [-0.2, -0.15) is 5.26 Å². The zero-order chi connectivity index (χ0) is 3.41. The molecular weight excluding hydrogens is 52.0 g/mol. The Morgan fingerprint density at radius 3 is 2.25 bits per heavy atom. The van der Waals surface area contributed by atoms with Gasteiger partial charge in [-0.1, -0.05) is 0 Å². The number of hydrogen-bond donors (Lipinski definition) is 1. The Kier molecular flexibility index (Phi) is 1.71. The third-order valence-electron chi connectivity index (χ3n) is 0.0645. The fourth-order valence-corrected chi connectivity index (χ4v) is 0. The second-order valence-corrected chi connectivity index (χ2v) is 0.273. The van der Waals surface area contributed by atoms with Gasteiger partial charge in [0, 0.05) is 0 Å². The predicted molar refractivity (Wildman–Crippen MR) is 14.4 cm³/mol. The summed E-state index contributed by atoms with van der Waals surface area (Å²) in [6.45, 7) is 0. The second kappa shape index (κ2) is 2.16. The molecule has 0 aliphatic heterocycles. The van der Waals surface area contributed by atoms with E-state index in [1.54, 1.807) is 0 Å². The van der Waals surface area contributed by atoms with E-state index in [9.17, 15) is 0 Å². The first-order valence-electron chi connectivity index (χ1n) is 0.801. The Bertz CT molecular complexity index is 49.5. The summed E-state index contributed by atoms with van der Waals surface area (Å²) in [5.74, 6) is 0. The van der Waals surface area contributed by atoms with Gasteiger partial charge in [-0.3, -0.25) is 5.41 Å². The topological polar surface area (TPSA) is 47.6 Å². The highest BCUT2D eigenvalue weighted by Crippen LogP contribution is 1.22. The minimum Gasteiger partial charge on any atom is -0.298 e. The van der Waals surface area contributed by atoms with Crippen molar-refractivity contribution >= 4 is 6.21 Å². The van der Waals surface area contributed by atoms with E-state index in [0.29, 0.717) is 6.21 Å². The maximum Gasteiger partial charge on any atom is 0.111 e. The summed E-state index contributed by atoms with van der Waals surface area (Å²) in [5, 5.41) is 13.3. The van der Waals surface area contributed by atoms with Crippen molar-refractivity contribution in [2.75, 3.05) is 0 Å². The molecule has 4 heavy (non-hydrogen) atoms. The predicted octanol–water partition coefficient (Wildman–Crippen LogP) is 0.160. The quantitative estimate of drug-likeness (QED) is 0.393. The third kappa shape index (κ3) is 1.16. The van der Waals surface area contributed by atoms with Crippen LogP contribution in [0.1, 0.15) is 0 Å². The number of nitrogens with one attached hydrogen (secondary N) is 1. The SMILES string of the molecule is N#CC=N. The summed E-state index contributed by atoms with van der Waals surface area (Å²) in [4.78, 5) is 0. The molecule has 0 aromatic carbocycles. The van der Waals surface area contributed by atoms with E-state index in [4.69, 9.17) is 10.7 Å². The maximum atomic E-state index is 7.38. The zero-order valence-corrected chi connectivity index (χ0v) is 2.02. The fraction of sp³-hybridized carbons (Fsp3) is 0. The van der Waals surface area contributed by atoms with Crippen LogP contribution in [0.25, 0.3) is 0 Å². The lowest BCUT2D eigenvalue weighted by atomic mass is 10.9. The molecule has 0 aromatic rings. The Morgan fingerprint density at radius 2 is 2.25 bits per heavy atom. The van der Waals surface area contributed by atoms with Crippen LogP contribution in [0.15, 0.2) is 0 Å². The number of hydrogen-bond acceptors (Lipinski definition) is 2. The molecule has 20 valence electrons. The van der Waals surface area contributed by atoms with Gasteiger partial charge in [-0.15, -0.1) is 0 Å². The molecule has 0 fully saturated rings. The highest BCUT2D eigenvalue weighted by Gasteiger charge is 1.36. The van der Waals surface area contributed by atoms with Crippen LogP contribution in [-0.4, -0.2) is 6.21 Å². The van der Waals surface area contributed by atoms with Crippen molar-refractivity contribution in [3.05, 3.63) is 0 Å². The molecule has 2 nitrogen and oxygen atoms in total. The summed E-state index contributed by atoms with van der Waals surface area (Å²) >= 11 is 0. The van der Waals surface area contributed by atoms with Gasteiger partial charge in [0.1, 0.15) is 6.07 Å². The van der Waals surface area contributed by atoms with Gasteiger partial charge >= 0.3 is 0 Å². The summed E-state index contributed by atoms with van der Waals surface area (Å²) in [6, 6.07) is 1.47. The van der Waals surface area contributed by atoms with Crippen LogP contribution >= 0.6 is 0 Å². The van der Waals surface area contributed by atoms with E-state index in [-0.39, 0.29) is 0 Å². The van der Waals surface area contributed by atoms with Crippen molar-refractivity contribution in [1.82, 2.24) is 0 Å². The lowest BCUT2D eigenvalue weighted by Crippen LogP contribution is -1.43. The molecule has 0 bridgehead atoms. The summed E-state index contributed by atoms with van der Waals surface area (Å²) in [6.07, 6.45) is 0.681. The lowest BCUT2D eigenvalue weighted by molar-refractivity contribution is 1.52. The van der Waals surface area contributed by atoms with E-state index in [1.165, 1.54) is 6.07 Å². The average Bonchev–Trinajstić information content (AvgIpc) is 1.37. The molecule has 0 unspecified atom stereocenters. The second-order valence-electron chi connectivity index (χ2n) is 0.273. The molecule has 0 aromatic heterocycles. The van der Waals surface area contributed by atoms with Gasteiger partial charge in [0.2, 0.25) is 0 Å². The first-order valence-corrected chi connectivity index (χ1v) is 0.801. The smallest absolute Gasteiger partial charge is 0.111 e. The largest absolute Gasteiger partial charge is 0.298 e. The molecule has 2 heteroatoms. The Balaban J connectivity index is 2.92. The molecule has 1 N–H and O–H groups in total. The van der Waals surface area contributed by atoms with Gasteiger partial charge in [-0.05, 0) is 0 Å². The van der Waals surface area contributed by atoms with E-state index in [2.05, 4.69) is 0 Å². The highest BCUT2D eigenvalue weighted by molar-refractivity contribution is 5.71. The first-order chi connectivity index (χ1) is 1.91. The molecule has 0 amide bonds. The summed E-state index contributed by atoms with van der Waals surface area (Å²) in [7, 11) is 0. The highest BCUT2D eigenvalue weighted by atomic mass is 14.3. The average molecular weight is 54.1 g/mol. The van der Waals surface area contributed by atoms with Crippen LogP contribution in [0, 0.1) is 16.7 Å². The molecule has 0 atom stereocenters. The molecule has 0 aliphatic rings. The van der Waals surface area contributed by atoms with Crippen LogP contribution in [0.4, 0.5) is 0 Å². The van der Waals surface area contributed by atoms with Crippen LogP contribution in [0.2, 0.25) is 0 Å². The summed E-state index contributed by atoms with van der Waals surface area (Å²) in [5.41, 5.74) is 0. The summed E-state index contributed by atoms with van der Waals surface area (Å²) < 4.78 is 0. The Labute approximate surface area is 24.2 Å². The molecule has 0 heterocycles. The minimum atomic E-state index is 0.681. The van der Waals surface area contributed by atoms with E-state index in [1.807, 2.05) is 0 Å². The van der Waals surface area contributed by atoms with E-state index in [0.717, 1.165) is 0 Å². The number of nitriles is 1. The lowest BCUT2D eigenvalue weighted by Gasteiger charge is -1.30. The Hall–Kier alpha value is -0.840. The van der Waals surface area contributed by atoms with Crippen molar-refractivity contribution in [1.29, 1.82) is 10.7 Å². The number of rotatable bonds is 0. The van der Waals surface area contributed by atoms with Gasteiger partial charge in [0.05, 0.1) is 6.21 Å². The Morgan fingerprint density at radius 1 is 2.00 bits per heavy atom. The van der Waals surface area contributed by atoms with Crippen molar-refractivity contribution in [3.8, 4) is 6.07 Å². The number of nitrogens with zero attached hydrogens (tertiary/aromatic N) is 1. The maximum absolute atomic E-state index is 7.38. The zero-order valence-electron chi connectivity index (χ0n) is 2.02. The fourth-order valence-electron chi connectivity index (χ4n) is 0. The van der Waals surface area contributed by atoms with Gasteiger partial charge in [0.25, 0.3) is 0 Å². The standard InChI is InChI=1S/C2H2N2/c3-1-2-4/h1,3H. The van der Waals surface area contributed by atoms with Crippen LogP contribution in [0.3, 0.4) is 0 Å². The van der Waals surface area contributed by atoms with E-state index < -0.39 is 0 Å². The normalized spacial score (nSPS) is 3.75. The molecular formula is C2H2N2. The first kappa shape index (κ1) is 3.16. The molecule has 0 radical (unpaired) electrons. The van der Waals surface area contributed by atoms with Crippen molar-refractivity contribution < 1.29 is 0 Å².